The maximum Gasteiger partial charge on any atom is 0.239 e. The van der Waals surface area contributed by atoms with Crippen LogP contribution in [0.25, 0.3) is 0 Å². The van der Waals surface area contributed by atoms with E-state index in [1.54, 1.807) is 16.2 Å². The Morgan fingerprint density at radius 1 is 1.69 bits per heavy atom. The molecule has 0 saturated carbocycles. The molecule has 1 heterocycles. The van der Waals surface area contributed by atoms with E-state index >= 15 is 0 Å². The number of hydrogen-bond donors (Lipinski definition) is 1. The van der Waals surface area contributed by atoms with Gasteiger partial charge in [-0.2, -0.15) is 0 Å². The first kappa shape index (κ1) is 13.1. The van der Waals surface area contributed by atoms with Crippen molar-refractivity contribution in [2.45, 2.75) is 33.4 Å². The van der Waals surface area contributed by atoms with E-state index in [-0.39, 0.29) is 11.9 Å². The predicted octanol–water partition coefficient (Wildman–Crippen LogP) is 1.41. The highest BCUT2D eigenvalue weighted by Crippen LogP contribution is 2.11. The summed E-state index contributed by atoms with van der Waals surface area (Å²) in [4.78, 5) is 18.8. The number of nitrogens with one attached hydrogen (secondary N) is 1. The van der Waals surface area contributed by atoms with Crippen molar-refractivity contribution in [1.82, 2.24) is 15.2 Å². The number of nitrogens with zero attached hydrogens (tertiary/aromatic N) is 2. The third-order valence-electron chi connectivity index (χ3n) is 2.47. The molecule has 1 N–H and O–H groups in total. The van der Waals surface area contributed by atoms with E-state index < -0.39 is 0 Å². The summed E-state index contributed by atoms with van der Waals surface area (Å²) in [5.74, 6) is 0.128. The highest BCUT2D eigenvalue weighted by atomic mass is 32.1. The van der Waals surface area contributed by atoms with Crippen LogP contribution in [0.3, 0.4) is 0 Å². The number of aromatic nitrogens is 1. The van der Waals surface area contributed by atoms with Crippen molar-refractivity contribution in [3.05, 3.63) is 16.1 Å². The van der Waals surface area contributed by atoms with Gasteiger partial charge in [-0.1, -0.05) is 0 Å². The number of rotatable bonds is 5. The summed E-state index contributed by atoms with van der Waals surface area (Å²) in [7, 11) is 1.82. The lowest BCUT2D eigenvalue weighted by Gasteiger charge is -2.20. The summed E-state index contributed by atoms with van der Waals surface area (Å²) in [5.41, 5.74) is 0. The number of carbonyl (C=O) groups is 1. The van der Waals surface area contributed by atoms with Crippen LogP contribution in [0.4, 0.5) is 0 Å². The van der Waals surface area contributed by atoms with Gasteiger partial charge in [-0.3, -0.25) is 4.79 Å². The van der Waals surface area contributed by atoms with Crippen molar-refractivity contribution in [1.29, 1.82) is 0 Å². The van der Waals surface area contributed by atoms with Crippen LogP contribution < -0.4 is 5.32 Å². The highest BCUT2D eigenvalue weighted by Gasteiger charge is 2.15. The molecule has 0 aliphatic rings. The van der Waals surface area contributed by atoms with Crippen LogP contribution in [0.2, 0.25) is 0 Å². The van der Waals surface area contributed by atoms with Gasteiger partial charge in [0.2, 0.25) is 5.91 Å². The monoisotopic (exact) mass is 241 g/mol. The fraction of sp³-hybridized carbons (Fsp3) is 0.636. The molecule has 0 spiro atoms. The zero-order chi connectivity index (χ0) is 12.1. The molecule has 0 aliphatic carbocycles. The minimum Gasteiger partial charge on any atom is -0.345 e. The van der Waals surface area contributed by atoms with Crippen molar-refractivity contribution in [3.8, 4) is 0 Å². The molecule has 0 radical (unpaired) electrons. The van der Waals surface area contributed by atoms with Crippen molar-refractivity contribution in [2.24, 2.45) is 0 Å². The van der Waals surface area contributed by atoms with Crippen molar-refractivity contribution < 1.29 is 4.79 Å². The average molecular weight is 241 g/mol. The second-order valence-electron chi connectivity index (χ2n) is 3.80. The molecule has 5 heteroatoms. The number of carbonyl (C=O) groups excluding carboxylic acids is 1. The van der Waals surface area contributed by atoms with Gasteiger partial charge in [-0.05, 0) is 20.8 Å². The van der Waals surface area contributed by atoms with Crippen LogP contribution in [0, 0.1) is 6.92 Å². The minimum atomic E-state index is -0.146. The van der Waals surface area contributed by atoms with Gasteiger partial charge in [0.25, 0.3) is 0 Å². The Kier molecular flexibility index (Phi) is 4.89. The molecule has 0 fully saturated rings. The summed E-state index contributed by atoms with van der Waals surface area (Å²) in [6.07, 6.45) is 1.85. The molecule has 1 aromatic rings. The van der Waals surface area contributed by atoms with Gasteiger partial charge in [-0.25, -0.2) is 4.98 Å². The Bertz CT molecular complexity index is 351. The lowest BCUT2D eigenvalue weighted by molar-refractivity contribution is -0.131. The van der Waals surface area contributed by atoms with Crippen molar-refractivity contribution in [2.75, 3.05) is 13.6 Å². The van der Waals surface area contributed by atoms with Crippen LogP contribution in [0.5, 0.6) is 0 Å². The van der Waals surface area contributed by atoms with E-state index in [9.17, 15) is 4.79 Å². The van der Waals surface area contributed by atoms with Gasteiger partial charge in [0.1, 0.15) is 0 Å². The second-order valence-corrected chi connectivity index (χ2v) is 5.12. The molecule has 0 aromatic carbocycles. The SMILES string of the molecule is CCN(C)C(=O)C(C)NCc1cnc(C)s1. The van der Waals surface area contributed by atoms with Crippen LogP contribution in [-0.2, 0) is 11.3 Å². The minimum absolute atomic E-state index is 0.128. The normalized spacial score (nSPS) is 12.5. The quantitative estimate of drug-likeness (QED) is 0.847. The lowest BCUT2D eigenvalue weighted by Crippen LogP contribution is -2.42. The first-order valence-corrected chi connectivity index (χ1v) is 6.26. The van der Waals surface area contributed by atoms with Gasteiger partial charge in [0.05, 0.1) is 11.0 Å². The third kappa shape index (κ3) is 3.57. The maximum absolute atomic E-state index is 11.8. The molecule has 0 aliphatic heterocycles. The van der Waals surface area contributed by atoms with E-state index in [0.29, 0.717) is 6.54 Å². The fourth-order valence-electron chi connectivity index (χ4n) is 1.31. The zero-order valence-corrected chi connectivity index (χ0v) is 11.1. The van der Waals surface area contributed by atoms with E-state index in [1.165, 1.54) is 0 Å². The van der Waals surface area contributed by atoms with Gasteiger partial charge in [0.15, 0.2) is 0 Å². The van der Waals surface area contributed by atoms with E-state index in [1.807, 2.05) is 34.0 Å². The molecule has 90 valence electrons. The maximum atomic E-state index is 11.8. The molecule has 1 rings (SSSR count). The molecule has 1 aromatic heterocycles. The van der Waals surface area contributed by atoms with Gasteiger partial charge < -0.3 is 10.2 Å². The molecule has 1 amide bonds. The highest BCUT2D eigenvalue weighted by molar-refractivity contribution is 7.11. The first-order chi connectivity index (χ1) is 7.54. The van der Waals surface area contributed by atoms with Gasteiger partial charge >= 0.3 is 0 Å². The van der Waals surface area contributed by atoms with E-state index in [0.717, 1.165) is 16.4 Å². The summed E-state index contributed by atoms with van der Waals surface area (Å²) < 4.78 is 0. The lowest BCUT2D eigenvalue weighted by atomic mass is 10.3. The second kappa shape index (κ2) is 5.96. The van der Waals surface area contributed by atoms with E-state index in [2.05, 4.69) is 10.3 Å². The molecule has 4 nitrogen and oxygen atoms in total. The standard InChI is InChI=1S/C11H19N3OS/c1-5-14(4)11(15)8(2)12-6-10-7-13-9(3)16-10/h7-8,12H,5-6H2,1-4H3. The Morgan fingerprint density at radius 3 is 2.88 bits per heavy atom. The van der Waals surface area contributed by atoms with Gasteiger partial charge in [-0.15, -0.1) is 11.3 Å². The summed E-state index contributed by atoms with van der Waals surface area (Å²) in [6, 6.07) is -0.146. The van der Waals surface area contributed by atoms with Crippen molar-refractivity contribution >= 4 is 17.2 Å². The van der Waals surface area contributed by atoms with Crippen LogP contribution >= 0.6 is 11.3 Å². The number of aryl methyl sites for hydroxylation is 1. The number of thiazole rings is 1. The Hall–Kier alpha value is -0.940. The molecule has 1 atom stereocenters. The first-order valence-electron chi connectivity index (χ1n) is 5.44. The number of likely N-dealkylation sites (N-methyl/N-ethyl adjacent to an activating group) is 1. The Morgan fingerprint density at radius 2 is 2.38 bits per heavy atom. The number of hydrogen-bond acceptors (Lipinski definition) is 4. The molecular weight excluding hydrogens is 222 g/mol. The largest absolute Gasteiger partial charge is 0.345 e. The molecule has 0 bridgehead atoms. The molecule has 16 heavy (non-hydrogen) atoms. The number of amides is 1. The average Bonchev–Trinajstić information content (AvgIpc) is 2.69. The fourth-order valence-corrected chi connectivity index (χ4v) is 2.06. The van der Waals surface area contributed by atoms with Gasteiger partial charge in [0, 0.05) is 31.2 Å². The molecular formula is C11H19N3OS. The van der Waals surface area contributed by atoms with Crippen molar-refractivity contribution in [3.63, 3.8) is 0 Å². The Labute approximate surface area is 101 Å². The van der Waals surface area contributed by atoms with Crippen LogP contribution in [0.1, 0.15) is 23.7 Å². The smallest absolute Gasteiger partial charge is 0.239 e. The van der Waals surface area contributed by atoms with E-state index in [4.69, 9.17) is 0 Å². The summed E-state index contributed by atoms with van der Waals surface area (Å²) >= 11 is 1.66. The molecule has 1 unspecified atom stereocenters. The molecule has 0 saturated heterocycles. The Balaban J connectivity index is 2.40. The zero-order valence-electron chi connectivity index (χ0n) is 10.3. The topological polar surface area (TPSA) is 45.2 Å². The summed E-state index contributed by atoms with van der Waals surface area (Å²) in [5, 5.41) is 4.26. The summed E-state index contributed by atoms with van der Waals surface area (Å²) in [6.45, 7) is 7.29. The van der Waals surface area contributed by atoms with Crippen LogP contribution in [0.15, 0.2) is 6.20 Å². The third-order valence-corrected chi connectivity index (χ3v) is 3.39. The van der Waals surface area contributed by atoms with Crippen LogP contribution in [-0.4, -0.2) is 35.4 Å². The predicted molar refractivity (Wildman–Crippen MR) is 66.5 cm³/mol.